The molecule has 0 aliphatic carbocycles. The molecule has 124 valence electrons. The Hall–Kier alpha value is -1.48. The number of halogens is 1. The predicted molar refractivity (Wildman–Crippen MR) is 104 cm³/mol. The smallest absolute Gasteiger partial charge is 0.231 e. The van der Waals surface area contributed by atoms with Gasteiger partial charge in [0.25, 0.3) is 0 Å². The largest absolute Gasteiger partial charge is 0.454 e. The number of benzene rings is 1. The van der Waals surface area contributed by atoms with E-state index in [4.69, 9.17) is 9.47 Å². The fourth-order valence-electron chi connectivity index (χ4n) is 2.14. The molecule has 2 heterocycles. The molecule has 1 aliphatic rings. The van der Waals surface area contributed by atoms with Crippen LogP contribution in [0, 0.1) is 0 Å². The number of aliphatic imine (C=N–C) groups is 1. The number of thiophene rings is 1. The summed E-state index contributed by atoms with van der Waals surface area (Å²) in [7, 11) is 0. The molecule has 0 spiro atoms. The third kappa shape index (κ3) is 5.00. The Morgan fingerprint density at radius 1 is 1.22 bits per heavy atom. The van der Waals surface area contributed by atoms with E-state index in [-0.39, 0.29) is 24.0 Å². The molecule has 0 fully saturated rings. The van der Waals surface area contributed by atoms with Gasteiger partial charge in [-0.2, -0.15) is 0 Å². The van der Waals surface area contributed by atoms with Crippen molar-refractivity contribution < 1.29 is 9.47 Å². The summed E-state index contributed by atoms with van der Waals surface area (Å²) in [6.07, 6.45) is 0. The Kier molecular flexibility index (Phi) is 6.97. The molecule has 0 bridgehead atoms. The van der Waals surface area contributed by atoms with Crippen molar-refractivity contribution in [2.75, 3.05) is 13.3 Å². The zero-order valence-corrected chi connectivity index (χ0v) is 16.0. The van der Waals surface area contributed by atoms with Gasteiger partial charge in [-0.1, -0.05) is 12.1 Å². The quantitative estimate of drug-likeness (QED) is 0.421. The Labute approximate surface area is 157 Å². The average Bonchev–Trinajstić information content (AvgIpc) is 3.20. The van der Waals surface area contributed by atoms with Gasteiger partial charge in [-0.3, -0.25) is 0 Å². The third-order valence-electron chi connectivity index (χ3n) is 3.21. The lowest BCUT2D eigenvalue weighted by atomic mass is 10.2. The van der Waals surface area contributed by atoms with Crippen LogP contribution in [0.25, 0.3) is 0 Å². The number of ether oxygens (including phenoxy) is 2. The highest BCUT2D eigenvalue weighted by atomic mass is 127. The third-order valence-corrected chi connectivity index (χ3v) is 4.09. The number of hydrogen-bond donors (Lipinski definition) is 2. The van der Waals surface area contributed by atoms with Gasteiger partial charge in [0.15, 0.2) is 17.5 Å². The van der Waals surface area contributed by atoms with Gasteiger partial charge in [-0.05, 0) is 36.1 Å². The van der Waals surface area contributed by atoms with Crippen LogP contribution in [-0.4, -0.2) is 19.3 Å². The number of nitrogens with one attached hydrogen (secondary N) is 2. The van der Waals surface area contributed by atoms with Gasteiger partial charge in [-0.25, -0.2) is 4.99 Å². The molecular formula is C16H20IN3O2S. The number of rotatable bonds is 5. The minimum absolute atomic E-state index is 0. The van der Waals surface area contributed by atoms with Crippen LogP contribution in [0.1, 0.15) is 17.4 Å². The topological polar surface area (TPSA) is 54.9 Å². The first kappa shape index (κ1) is 17.9. The minimum atomic E-state index is 0. The van der Waals surface area contributed by atoms with Crippen molar-refractivity contribution >= 4 is 41.3 Å². The highest BCUT2D eigenvalue weighted by molar-refractivity contribution is 14.0. The van der Waals surface area contributed by atoms with Crippen molar-refractivity contribution in [3.05, 3.63) is 46.2 Å². The summed E-state index contributed by atoms with van der Waals surface area (Å²) in [5.74, 6) is 2.41. The molecule has 0 unspecified atom stereocenters. The van der Waals surface area contributed by atoms with E-state index >= 15 is 0 Å². The zero-order chi connectivity index (χ0) is 15.2. The van der Waals surface area contributed by atoms with Crippen LogP contribution in [0.2, 0.25) is 0 Å². The lowest BCUT2D eigenvalue weighted by molar-refractivity contribution is 0.174. The maximum atomic E-state index is 5.39. The number of hydrogen-bond acceptors (Lipinski definition) is 4. The van der Waals surface area contributed by atoms with Gasteiger partial charge in [-0.15, -0.1) is 35.3 Å². The Morgan fingerprint density at radius 2 is 2.09 bits per heavy atom. The number of guanidine groups is 1. The summed E-state index contributed by atoms with van der Waals surface area (Å²) in [5, 5.41) is 8.67. The molecule has 1 aromatic heterocycles. The van der Waals surface area contributed by atoms with Crippen LogP contribution >= 0.6 is 35.3 Å². The van der Waals surface area contributed by atoms with Gasteiger partial charge in [0.05, 0.1) is 13.1 Å². The van der Waals surface area contributed by atoms with E-state index in [1.54, 1.807) is 11.3 Å². The van der Waals surface area contributed by atoms with Crippen LogP contribution < -0.4 is 20.1 Å². The Bertz CT molecular complexity index is 647. The molecule has 5 nitrogen and oxygen atoms in total. The monoisotopic (exact) mass is 445 g/mol. The minimum Gasteiger partial charge on any atom is -0.454 e. The molecular weight excluding hydrogens is 425 g/mol. The molecule has 0 saturated heterocycles. The van der Waals surface area contributed by atoms with Gasteiger partial charge < -0.3 is 20.1 Å². The fourth-order valence-corrected chi connectivity index (χ4v) is 2.78. The molecule has 0 saturated carbocycles. The lowest BCUT2D eigenvalue weighted by Crippen LogP contribution is -2.36. The van der Waals surface area contributed by atoms with Crippen LogP contribution in [0.3, 0.4) is 0 Å². The maximum Gasteiger partial charge on any atom is 0.231 e. The Balaban J connectivity index is 0.00000192. The van der Waals surface area contributed by atoms with Crippen molar-refractivity contribution in [1.82, 2.24) is 10.6 Å². The summed E-state index contributed by atoms with van der Waals surface area (Å²) >= 11 is 1.74. The van der Waals surface area contributed by atoms with E-state index in [0.29, 0.717) is 13.3 Å². The first-order valence-corrected chi connectivity index (χ1v) is 8.16. The van der Waals surface area contributed by atoms with Crippen LogP contribution in [0.15, 0.2) is 40.7 Å². The van der Waals surface area contributed by atoms with Crippen molar-refractivity contribution in [2.45, 2.75) is 20.0 Å². The highest BCUT2D eigenvalue weighted by Crippen LogP contribution is 2.32. The first-order valence-electron chi connectivity index (χ1n) is 7.28. The molecule has 23 heavy (non-hydrogen) atoms. The lowest BCUT2D eigenvalue weighted by Gasteiger charge is -2.10. The number of fused-ring (bicyclic) bond motifs is 1. The van der Waals surface area contributed by atoms with Crippen molar-refractivity contribution in [3.8, 4) is 11.5 Å². The van der Waals surface area contributed by atoms with Crippen molar-refractivity contribution in [3.63, 3.8) is 0 Å². The molecule has 2 N–H and O–H groups in total. The highest BCUT2D eigenvalue weighted by Gasteiger charge is 2.12. The molecule has 0 atom stereocenters. The molecule has 3 rings (SSSR count). The Morgan fingerprint density at radius 3 is 2.87 bits per heavy atom. The summed E-state index contributed by atoms with van der Waals surface area (Å²) in [5.41, 5.74) is 1.09. The SMILES string of the molecule is CCNC(=NCc1ccc2c(c1)OCO2)NCc1cccs1.I. The van der Waals surface area contributed by atoms with E-state index in [1.165, 1.54) is 4.88 Å². The molecule has 2 aromatic rings. The second-order valence-electron chi connectivity index (χ2n) is 4.82. The van der Waals surface area contributed by atoms with E-state index in [2.05, 4.69) is 40.1 Å². The number of nitrogens with zero attached hydrogens (tertiary/aromatic N) is 1. The standard InChI is InChI=1S/C16H19N3O2S.HI/c1-2-17-16(19-10-13-4-3-7-22-13)18-9-12-5-6-14-15(8-12)21-11-20-14;/h3-8H,2,9-11H2,1H3,(H2,17,18,19);1H. The summed E-state index contributed by atoms with van der Waals surface area (Å²) in [4.78, 5) is 5.90. The van der Waals surface area contributed by atoms with E-state index in [1.807, 2.05) is 18.2 Å². The van der Waals surface area contributed by atoms with Crippen LogP contribution in [0.5, 0.6) is 11.5 Å². The van der Waals surface area contributed by atoms with E-state index in [0.717, 1.165) is 36.1 Å². The molecule has 0 amide bonds. The predicted octanol–water partition coefficient (Wildman–Crippen LogP) is 3.35. The van der Waals surface area contributed by atoms with E-state index < -0.39 is 0 Å². The first-order chi connectivity index (χ1) is 10.8. The summed E-state index contributed by atoms with van der Waals surface area (Å²) in [6.45, 7) is 4.56. The van der Waals surface area contributed by atoms with Gasteiger partial charge in [0, 0.05) is 11.4 Å². The van der Waals surface area contributed by atoms with E-state index in [9.17, 15) is 0 Å². The molecule has 0 radical (unpaired) electrons. The van der Waals surface area contributed by atoms with Crippen LogP contribution in [-0.2, 0) is 13.1 Å². The molecule has 1 aromatic carbocycles. The van der Waals surface area contributed by atoms with Crippen molar-refractivity contribution in [2.24, 2.45) is 4.99 Å². The maximum absolute atomic E-state index is 5.39. The summed E-state index contributed by atoms with van der Waals surface area (Å²) < 4.78 is 10.7. The molecule has 1 aliphatic heterocycles. The zero-order valence-electron chi connectivity index (χ0n) is 12.9. The summed E-state index contributed by atoms with van der Waals surface area (Å²) in [6, 6.07) is 10.1. The second kappa shape index (κ2) is 8.97. The van der Waals surface area contributed by atoms with Crippen LogP contribution in [0.4, 0.5) is 0 Å². The fraction of sp³-hybridized carbons (Fsp3) is 0.312. The average molecular weight is 445 g/mol. The molecule has 7 heteroatoms. The second-order valence-corrected chi connectivity index (χ2v) is 5.85. The van der Waals surface area contributed by atoms with Gasteiger partial charge in [0.2, 0.25) is 6.79 Å². The van der Waals surface area contributed by atoms with Gasteiger partial charge in [0.1, 0.15) is 0 Å². The van der Waals surface area contributed by atoms with Gasteiger partial charge >= 0.3 is 0 Å². The van der Waals surface area contributed by atoms with Crippen molar-refractivity contribution in [1.29, 1.82) is 0 Å². The normalized spacial score (nSPS) is 12.7.